The van der Waals surface area contributed by atoms with E-state index in [9.17, 15) is 4.79 Å². The van der Waals surface area contributed by atoms with Gasteiger partial charge in [0.15, 0.2) is 5.78 Å². The Hall–Kier alpha value is -8.05. The fourth-order valence-corrected chi connectivity index (χ4v) is 10.6. The molecule has 314 valence electrons. The van der Waals surface area contributed by atoms with Crippen LogP contribution < -0.4 is 9.80 Å². The normalized spacial score (nSPS) is 12.7. The Labute approximate surface area is 394 Å². The summed E-state index contributed by atoms with van der Waals surface area (Å²) in [5.41, 5.74) is 18.6. The number of hydrogen-bond donors (Lipinski definition) is 0. The van der Waals surface area contributed by atoms with Crippen LogP contribution in [0.15, 0.2) is 265 Å². The van der Waals surface area contributed by atoms with Gasteiger partial charge in [0.05, 0.1) is 22.5 Å². The summed E-state index contributed by atoms with van der Waals surface area (Å²) in [6.45, 7) is 0. The third-order valence-corrected chi connectivity index (χ3v) is 13.5. The average molecular weight is 912 g/mol. The highest BCUT2D eigenvalue weighted by Gasteiger charge is 2.51. The predicted octanol–water partition coefficient (Wildman–Crippen LogP) is 16.6. The Morgan fingerprint density at radius 1 is 0.333 bits per heavy atom. The lowest BCUT2D eigenvalue weighted by atomic mass is 9.64. The van der Waals surface area contributed by atoms with Crippen molar-refractivity contribution in [1.29, 1.82) is 0 Å². The van der Waals surface area contributed by atoms with Crippen molar-refractivity contribution in [2.45, 2.75) is 5.41 Å². The molecule has 1 spiro atoms. The number of halogens is 1. The first-order chi connectivity index (χ1) is 32.6. The summed E-state index contributed by atoms with van der Waals surface area (Å²) < 4.78 is 1.08. The number of hydrogen-bond acceptors (Lipinski definition) is 3. The minimum absolute atomic E-state index is 0.149. The van der Waals surface area contributed by atoms with E-state index in [1.54, 1.807) is 0 Å². The lowest BCUT2D eigenvalue weighted by Crippen LogP contribution is -2.36. The van der Waals surface area contributed by atoms with E-state index in [1.165, 1.54) is 50.4 Å². The maximum absolute atomic E-state index is 11.9. The van der Waals surface area contributed by atoms with Crippen molar-refractivity contribution < 1.29 is 4.79 Å². The van der Waals surface area contributed by atoms with Gasteiger partial charge in [-0.05, 0) is 121 Å². The van der Waals surface area contributed by atoms with E-state index in [2.05, 4.69) is 220 Å². The molecule has 66 heavy (non-hydrogen) atoms. The maximum atomic E-state index is 11.9. The van der Waals surface area contributed by atoms with Crippen LogP contribution in [-0.2, 0) is 5.41 Å². The first-order valence-corrected chi connectivity index (χ1v) is 23.1. The van der Waals surface area contributed by atoms with E-state index < -0.39 is 0 Å². The van der Waals surface area contributed by atoms with Crippen molar-refractivity contribution in [1.82, 2.24) is 0 Å². The topological polar surface area (TPSA) is 23.6 Å². The molecular formula is C62H43BrN2O. The van der Waals surface area contributed by atoms with Crippen molar-refractivity contribution in [3.05, 3.63) is 299 Å². The van der Waals surface area contributed by atoms with Gasteiger partial charge >= 0.3 is 0 Å². The van der Waals surface area contributed by atoms with Crippen molar-refractivity contribution in [3.8, 4) is 22.3 Å². The number of ketones is 1. The first-order valence-electron chi connectivity index (χ1n) is 22.3. The van der Waals surface area contributed by atoms with Crippen LogP contribution in [0.2, 0.25) is 0 Å². The minimum atomic E-state index is -0.328. The third kappa shape index (κ3) is 6.86. The number of carbonyl (C=O) groups is 1. The van der Waals surface area contributed by atoms with Gasteiger partial charge in [0.25, 0.3) is 0 Å². The molecule has 0 saturated carbocycles. The van der Waals surface area contributed by atoms with Gasteiger partial charge in [0, 0.05) is 32.7 Å². The SMILES string of the molecule is Brc1ccccc1N(c1ccccc1)c1ccccc1.O=C1c2ccccc2-c2ccccc21.c1ccc(N2c3ccccc3C3(c4ccccc4-c4ccccc43)c3ccccc32)cc1. The molecule has 10 aromatic rings. The van der Waals surface area contributed by atoms with E-state index in [0.717, 1.165) is 43.8 Å². The zero-order valence-corrected chi connectivity index (χ0v) is 37.6. The van der Waals surface area contributed by atoms with Crippen molar-refractivity contribution in [3.63, 3.8) is 0 Å². The van der Waals surface area contributed by atoms with Gasteiger partial charge in [-0.15, -0.1) is 0 Å². The molecule has 0 fully saturated rings. The van der Waals surface area contributed by atoms with Gasteiger partial charge in [0.2, 0.25) is 0 Å². The minimum Gasteiger partial charge on any atom is -0.310 e. The van der Waals surface area contributed by atoms with E-state index in [1.807, 2.05) is 66.7 Å². The summed E-state index contributed by atoms with van der Waals surface area (Å²) >= 11 is 3.65. The maximum Gasteiger partial charge on any atom is 0.194 e. The second kappa shape index (κ2) is 17.5. The Balaban J connectivity index is 0.000000121. The predicted molar refractivity (Wildman–Crippen MR) is 276 cm³/mol. The number of anilines is 6. The zero-order chi connectivity index (χ0) is 44.5. The van der Waals surface area contributed by atoms with Crippen LogP contribution >= 0.6 is 15.9 Å². The molecule has 4 heteroatoms. The highest BCUT2D eigenvalue weighted by molar-refractivity contribution is 9.10. The molecule has 0 bridgehead atoms. The fourth-order valence-electron chi connectivity index (χ4n) is 10.1. The summed E-state index contributed by atoms with van der Waals surface area (Å²) in [6, 6.07) is 91.0. The molecule has 3 aliphatic rings. The van der Waals surface area contributed by atoms with E-state index >= 15 is 0 Å². The summed E-state index contributed by atoms with van der Waals surface area (Å²) in [5.74, 6) is 0.149. The van der Waals surface area contributed by atoms with E-state index in [0.29, 0.717) is 0 Å². The van der Waals surface area contributed by atoms with Crippen LogP contribution in [0.25, 0.3) is 22.3 Å². The van der Waals surface area contributed by atoms with E-state index in [4.69, 9.17) is 0 Å². The highest BCUT2D eigenvalue weighted by Crippen LogP contribution is 2.63. The Bertz CT molecular complexity index is 3190. The number of carbonyl (C=O) groups excluding carboxylic acids is 1. The van der Waals surface area contributed by atoms with Gasteiger partial charge in [-0.25, -0.2) is 0 Å². The Morgan fingerprint density at radius 2 is 0.682 bits per heavy atom. The van der Waals surface area contributed by atoms with Crippen LogP contribution in [0.1, 0.15) is 38.2 Å². The molecule has 0 radical (unpaired) electrons. The Kier molecular flexibility index (Phi) is 10.8. The molecule has 1 heterocycles. The van der Waals surface area contributed by atoms with Crippen LogP contribution in [0.5, 0.6) is 0 Å². The van der Waals surface area contributed by atoms with Crippen molar-refractivity contribution in [2.75, 3.05) is 9.80 Å². The smallest absolute Gasteiger partial charge is 0.194 e. The molecule has 0 saturated heterocycles. The largest absolute Gasteiger partial charge is 0.310 e. The number of para-hydroxylation sites is 6. The lowest BCUT2D eigenvalue weighted by Gasteiger charge is -2.45. The molecule has 13 rings (SSSR count). The number of benzene rings is 10. The van der Waals surface area contributed by atoms with E-state index in [-0.39, 0.29) is 11.2 Å². The summed E-state index contributed by atoms with van der Waals surface area (Å²) in [6.07, 6.45) is 0. The van der Waals surface area contributed by atoms with Gasteiger partial charge < -0.3 is 9.80 Å². The van der Waals surface area contributed by atoms with Gasteiger partial charge in [-0.3, -0.25) is 4.79 Å². The molecule has 0 unspecified atom stereocenters. The molecule has 1 aliphatic heterocycles. The molecular weight excluding hydrogens is 869 g/mol. The van der Waals surface area contributed by atoms with Crippen LogP contribution in [0.3, 0.4) is 0 Å². The van der Waals surface area contributed by atoms with Crippen LogP contribution in [0.4, 0.5) is 34.1 Å². The molecule has 0 amide bonds. The van der Waals surface area contributed by atoms with Crippen LogP contribution in [-0.4, -0.2) is 5.78 Å². The average Bonchev–Trinajstić information content (AvgIpc) is 3.85. The molecule has 0 atom stereocenters. The second-order valence-electron chi connectivity index (χ2n) is 16.4. The molecule has 10 aromatic carbocycles. The van der Waals surface area contributed by atoms with Crippen LogP contribution in [0, 0.1) is 0 Å². The molecule has 0 aromatic heterocycles. The Morgan fingerprint density at radius 3 is 1.15 bits per heavy atom. The first kappa shape index (κ1) is 40.7. The third-order valence-electron chi connectivity index (χ3n) is 12.8. The quantitative estimate of drug-likeness (QED) is 0.176. The summed E-state index contributed by atoms with van der Waals surface area (Å²) in [7, 11) is 0. The van der Waals surface area contributed by atoms with Crippen molar-refractivity contribution >= 4 is 55.8 Å². The fraction of sp³-hybridized carbons (Fsp3) is 0.0161. The number of rotatable bonds is 4. The molecule has 0 N–H and O–H groups in total. The van der Waals surface area contributed by atoms with Gasteiger partial charge in [-0.1, -0.05) is 200 Å². The number of fused-ring (bicyclic) bond motifs is 12. The van der Waals surface area contributed by atoms with Gasteiger partial charge in [-0.2, -0.15) is 0 Å². The standard InChI is InChI=1S/C31H21N.C18H14BrN.C13H8O/c1-2-12-22(13-3-1)32-29-20-10-8-18-27(29)31(28-19-9-11-21-30(28)32)25-16-6-4-14-23(25)24-15-5-7-17-26(24)31;19-17-13-7-8-14-18(17)20(15-9-3-1-4-10-15)16-11-5-2-6-12-16;14-13-11-7-3-1-5-9(11)10-6-2-4-8-12(10)13/h1-21H;1-14H;1-8H. The summed E-state index contributed by atoms with van der Waals surface area (Å²) in [4.78, 5) is 16.5. The highest BCUT2D eigenvalue weighted by atomic mass is 79.9. The molecule has 3 nitrogen and oxygen atoms in total. The lowest BCUT2D eigenvalue weighted by molar-refractivity contribution is 0.104. The zero-order valence-electron chi connectivity index (χ0n) is 36.0. The number of nitrogens with zero attached hydrogens (tertiary/aromatic N) is 2. The second-order valence-corrected chi connectivity index (χ2v) is 17.3. The summed E-state index contributed by atoms with van der Waals surface area (Å²) in [5, 5.41) is 0. The molecule has 2 aliphatic carbocycles. The van der Waals surface area contributed by atoms with Gasteiger partial charge in [0.1, 0.15) is 0 Å². The monoisotopic (exact) mass is 910 g/mol. The van der Waals surface area contributed by atoms with Crippen molar-refractivity contribution in [2.24, 2.45) is 0 Å².